The summed E-state index contributed by atoms with van der Waals surface area (Å²) in [6, 6.07) is 9.60. The van der Waals surface area contributed by atoms with Crippen LogP contribution in [0, 0.1) is 0 Å². The van der Waals surface area contributed by atoms with Crippen LogP contribution in [-0.2, 0) is 4.79 Å². The van der Waals surface area contributed by atoms with E-state index in [0.717, 1.165) is 11.0 Å². The summed E-state index contributed by atoms with van der Waals surface area (Å²) in [7, 11) is 0. The molecule has 0 radical (unpaired) electrons. The molecule has 1 aromatic carbocycles. The van der Waals surface area contributed by atoms with Crippen LogP contribution < -0.4 is 0 Å². The third-order valence-corrected chi connectivity index (χ3v) is 1.97. The molecule has 3 nitrogen and oxygen atoms in total. The summed E-state index contributed by atoms with van der Waals surface area (Å²) in [6.45, 7) is 0. The number of carboxylic acid groups (broad SMARTS) is 1. The molecule has 0 amide bonds. The van der Waals surface area contributed by atoms with Crippen LogP contribution in [0.25, 0.3) is 0 Å². The van der Waals surface area contributed by atoms with E-state index in [0.29, 0.717) is 0 Å². The number of rotatable bonds is 3. The Bertz CT molecular complexity index is 282. The lowest BCUT2D eigenvalue weighted by Crippen LogP contribution is -1.84. The van der Waals surface area contributed by atoms with E-state index in [1.165, 1.54) is 11.8 Å². The lowest BCUT2D eigenvalue weighted by Gasteiger charge is -1.91. The van der Waals surface area contributed by atoms with Crippen LogP contribution >= 0.6 is 11.8 Å². The molecular formula is C9H10O3S. The van der Waals surface area contributed by atoms with Gasteiger partial charge in [0.05, 0.1) is 0 Å². The fourth-order valence-electron chi connectivity index (χ4n) is 0.670. The molecule has 70 valence electrons. The molecule has 0 fully saturated rings. The zero-order valence-corrected chi connectivity index (χ0v) is 7.62. The first-order chi connectivity index (χ1) is 5.79. The predicted octanol–water partition coefficient (Wildman–Crippen LogP) is 1.55. The zero-order valence-electron chi connectivity index (χ0n) is 6.81. The molecule has 4 heteroatoms. The van der Waals surface area contributed by atoms with Gasteiger partial charge in [0.1, 0.15) is 0 Å². The van der Waals surface area contributed by atoms with E-state index in [1.54, 1.807) is 5.41 Å². The molecule has 0 aliphatic heterocycles. The molecule has 0 aliphatic carbocycles. The van der Waals surface area contributed by atoms with E-state index in [4.69, 9.17) is 5.11 Å². The lowest BCUT2D eigenvalue weighted by molar-refractivity contribution is -0.131. The predicted molar refractivity (Wildman–Crippen MR) is 52.7 cm³/mol. The second-order valence-electron chi connectivity index (χ2n) is 2.07. The first-order valence-electron chi connectivity index (χ1n) is 3.40. The van der Waals surface area contributed by atoms with E-state index >= 15 is 0 Å². The molecule has 0 atom stereocenters. The van der Waals surface area contributed by atoms with Crippen LogP contribution in [-0.4, -0.2) is 16.6 Å². The number of aliphatic carboxylic acids is 1. The van der Waals surface area contributed by atoms with Crippen molar-refractivity contribution in [3.63, 3.8) is 0 Å². The van der Waals surface area contributed by atoms with Gasteiger partial charge in [0.2, 0.25) is 0 Å². The number of carbonyl (C=O) groups is 1. The summed E-state index contributed by atoms with van der Waals surface area (Å²) >= 11 is 1.39. The Morgan fingerprint density at radius 2 is 1.92 bits per heavy atom. The first-order valence-corrected chi connectivity index (χ1v) is 4.28. The number of benzene rings is 1. The maximum absolute atomic E-state index is 10.1. The molecule has 1 aromatic rings. The SMILES string of the molecule is O.O=C(O)/C=C\Sc1ccccc1. The Hall–Kier alpha value is -1.26. The van der Waals surface area contributed by atoms with E-state index in [2.05, 4.69) is 0 Å². The van der Waals surface area contributed by atoms with Gasteiger partial charge in [0, 0.05) is 11.0 Å². The average molecular weight is 198 g/mol. The van der Waals surface area contributed by atoms with Gasteiger partial charge < -0.3 is 10.6 Å². The molecule has 13 heavy (non-hydrogen) atoms. The molecule has 0 bridgehead atoms. The zero-order chi connectivity index (χ0) is 8.81. The molecule has 0 heterocycles. The van der Waals surface area contributed by atoms with E-state index in [9.17, 15) is 4.79 Å². The molecule has 0 saturated heterocycles. The highest BCUT2D eigenvalue weighted by molar-refractivity contribution is 8.02. The first kappa shape index (κ1) is 11.7. The summed E-state index contributed by atoms with van der Waals surface area (Å²) in [5.41, 5.74) is 0. The standard InChI is InChI=1S/C9H8O2S.H2O/c10-9(11)6-7-12-8-4-2-1-3-5-8;/h1-7H,(H,10,11);1H2/b7-6-;. The summed E-state index contributed by atoms with van der Waals surface area (Å²) in [5.74, 6) is -0.918. The average Bonchev–Trinajstić information content (AvgIpc) is 2.05. The van der Waals surface area contributed by atoms with Crippen LogP contribution in [0.2, 0.25) is 0 Å². The van der Waals surface area contributed by atoms with E-state index in [-0.39, 0.29) is 5.48 Å². The highest BCUT2D eigenvalue weighted by atomic mass is 32.2. The number of hydrogen-bond acceptors (Lipinski definition) is 2. The normalized spacial score (nSPS) is 9.54. The molecule has 0 aromatic heterocycles. The second-order valence-corrected chi connectivity index (χ2v) is 3.05. The van der Waals surface area contributed by atoms with Crippen LogP contribution in [0.5, 0.6) is 0 Å². The van der Waals surface area contributed by atoms with Gasteiger partial charge in [0.25, 0.3) is 0 Å². The third-order valence-electron chi connectivity index (χ3n) is 1.16. The van der Waals surface area contributed by atoms with Crippen LogP contribution in [0.15, 0.2) is 46.7 Å². The van der Waals surface area contributed by atoms with Crippen molar-refractivity contribution in [1.82, 2.24) is 0 Å². The fraction of sp³-hybridized carbons (Fsp3) is 0. The van der Waals surface area contributed by atoms with Gasteiger partial charge in [-0.05, 0) is 17.5 Å². The highest BCUT2D eigenvalue weighted by Gasteiger charge is 1.88. The van der Waals surface area contributed by atoms with Gasteiger partial charge in [-0.3, -0.25) is 0 Å². The molecule has 0 aliphatic rings. The maximum atomic E-state index is 10.1. The van der Waals surface area contributed by atoms with Crippen molar-refractivity contribution in [2.75, 3.05) is 0 Å². The Morgan fingerprint density at radius 1 is 1.31 bits per heavy atom. The second kappa shape index (κ2) is 6.28. The monoisotopic (exact) mass is 198 g/mol. The third kappa shape index (κ3) is 5.05. The molecule has 0 saturated carbocycles. The molecule has 3 N–H and O–H groups in total. The molecule has 1 rings (SSSR count). The van der Waals surface area contributed by atoms with Crippen molar-refractivity contribution >= 4 is 17.7 Å². The lowest BCUT2D eigenvalue weighted by atomic mass is 10.4. The van der Waals surface area contributed by atoms with Gasteiger partial charge in [-0.2, -0.15) is 0 Å². The summed E-state index contributed by atoms with van der Waals surface area (Å²) in [6.07, 6.45) is 1.12. The molecule has 0 unspecified atom stereocenters. The molecule has 0 spiro atoms. The smallest absolute Gasteiger partial charge is 0.328 e. The van der Waals surface area contributed by atoms with Crippen molar-refractivity contribution in [3.05, 3.63) is 41.8 Å². The van der Waals surface area contributed by atoms with Crippen LogP contribution in [0.3, 0.4) is 0 Å². The maximum Gasteiger partial charge on any atom is 0.328 e. The number of hydrogen-bond donors (Lipinski definition) is 1. The van der Waals surface area contributed by atoms with Crippen LogP contribution in [0.4, 0.5) is 0 Å². The summed E-state index contributed by atoms with van der Waals surface area (Å²) < 4.78 is 0. The van der Waals surface area contributed by atoms with Gasteiger partial charge in [-0.1, -0.05) is 30.0 Å². The van der Waals surface area contributed by atoms with Gasteiger partial charge >= 0.3 is 5.97 Å². The highest BCUT2D eigenvalue weighted by Crippen LogP contribution is 2.17. The quantitative estimate of drug-likeness (QED) is 0.591. The van der Waals surface area contributed by atoms with Crippen molar-refractivity contribution in [1.29, 1.82) is 0 Å². The number of thioether (sulfide) groups is 1. The van der Waals surface area contributed by atoms with Crippen molar-refractivity contribution in [2.45, 2.75) is 4.90 Å². The Kier molecular flexibility index (Phi) is 5.67. The minimum absolute atomic E-state index is 0. The van der Waals surface area contributed by atoms with Crippen molar-refractivity contribution in [3.8, 4) is 0 Å². The van der Waals surface area contributed by atoms with Gasteiger partial charge in [-0.15, -0.1) is 0 Å². The summed E-state index contributed by atoms with van der Waals surface area (Å²) in [5, 5.41) is 9.84. The Balaban J connectivity index is 0.00000144. The summed E-state index contributed by atoms with van der Waals surface area (Å²) in [4.78, 5) is 11.1. The fourth-order valence-corrected chi connectivity index (χ4v) is 1.33. The van der Waals surface area contributed by atoms with E-state index in [1.807, 2.05) is 30.3 Å². The van der Waals surface area contributed by atoms with Crippen molar-refractivity contribution in [2.24, 2.45) is 0 Å². The number of carboxylic acids is 1. The van der Waals surface area contributed by atoms with E-state index < -0.39 is 5.97 Å². The van der Waals surface area contributed by atoms with Crippen molar-refractivity contribution < 1.29 is 15.4 Å². The largest absolute Gasteiger partial charge is 0.478 e. The van der Waals surface area contributed by atoms with Crippen LogP contribution in [0.1, 0.15) is 0 Å². The Labute approximate surface area is 80.4 Å². The van der Waals surface area contributed by atoms with Gasteiger partial charge in [0.15, 0.2) is 0 Å². The minimum Gasteiger partial charge on any atom is -0.478 e. The van der Waals surface area contributed by atoms with Gasteiger partial charge in [-0.25, -0.2) is 4.79 Å². The Morgan fingerprint density at radius 3 is 2.46 bits per heavy atom. The topological polar surface area (TPSA) is 68.8 Å². The molecular weight excluding hydrogens is 188 g/mol. The minimum atomic E-state index is -0.918.